The molecule has 8 nitrogen and oxygen atoms in total. The van der Waals surface area contributed by atoms with Gasteiger partial charge in [-0.25, -0.2) is 4.98 Å². The first-order chi connectivity index (χ1) is 11.6. The molecule has 1 fully saturated rings. The van der Waals surface area contributed by atoms with Crippen LogP contribution < -0.4 is 15.8 Å². The fraction of sp³-hybridized carbons (Fsp3) is 0.500. The minimum Gasteiger partial charge on any atom is -0.350 e. The van der Waals surface area contributed by atoms with E-state index in [-0.39, 0.29) is 17.5 Å². The number of nitrogens with one attached hydrogen (secondary N) is 1. The third-order valence-electron chi connectivity index (χ3n) is 4.27. The quantitative estimate of drug-likeness (QED) is 0.877. The van der Waals surface area contributed by atoms with Gasteiger partial charge in [0.15, 0.2) is 5.82 Å². The van der Waals surface area contributed by atoms with E-state index in [1.54, 1.807) is 36.5 Å². The summed E-state index contributed by atoms with van der Waals surface area (Å²) in [5.74, 6) is 0.313. The largest absolute Gasteiger partial charge is 0.350 e. The molecule has 1 amide bonds. The van der Waals surface area contributed by atoms with Crippen molar-refractivity contribution in [2.75, 3.05) is 18.0 Å². The minimum atomic E-state index is -0.129. The van der Waals surface area contributed by atoms with Crippen molar-refractivity contribution in [2.24, 2.45) is 7.05 Å². The summed E-state index contributed by atoms with van der Waals surface area (Å²) < 4.78 is 3.24. The van der Waals surface area contributed by atoms with Crippen LogP contribution in [-0.2, 0) is 13.6 Å². The third-order valence-corrected chi connectivity index (χ3v) is 4.27. The molecule has 2 aromatic rings. The summed E-state index contributed by atoms with van der Waals surface area (Å²) in [6.07, 6.45) is 8.37. The van der Waals surface area contributed by atoms with Crippen LogP contribution >= 0.6 is 0 Å². The summed E-state index contributed by atoms with van der Waals surface area (Å²) in [5, 5.41) is 7.16. The number of hydrogen-bond donors (Lipinski definition) is 1. The van der Waals surface area contributed by atoms with Gasteiger partial charge in [-0.15, -0.1) is 0 Å². The summed E-state index contributed by atoms with van der Waals surface area (Å²) in [7, 11) is 1.71. The molecule has 2 aromatic heterocycles. The predicted octanol–water partition coefficient (Wildman–Crippen LogP) is 0.395. The zero-order chi connectivity index (χ0) is 17.1. The smallest absolute Gasteiger partial charge is 0.293 e. The lowest BCUT2D eigenvalue weighted by Gasteiger charge is -2.33. The Morgan fingerprint density at radius 1 is 1.46 bits per heavy atom. The Hall–Kier alpha value is -2.64. The maximum atomic E-state index is 12.3. The summed E-state index contributed by atoms with van der Waals surface area (Å²) >= 11 is 0. The maximum Gasteiger partial charge on any atom is 0.293 e. The average Bonchev–Trinajstić information content (AvgIpc) is 3.07. The van der Waals surface area contributed by atoms with E-state index in [4.69, 9.17) is 0 Å². The van der Waals surface area contributed by atoms with Gasteiger partial charge in [0.1, 0.15) is 0 Å². The van der Waals surface area contributed by atoms with E-state index < -0.39 is 0 Å². The van der Waals surface area contributed by atoms with Gasteiger partial charge in [-0.3, -0.25) is 14.3 Å². The van der Waals surface area contributed by atoms with Gasteiger partial charge in [-0.2, -0.15) is 5.10 Å². The molecule has 3 heterocycles. The topological polar surface area (TPSA) is 85.0 Å². The maximum absolute atomic E-state index is 12.3. The Morgan fingerprint density at radius 2 is 2.29 bits per heavy atom. The molecule has 3 rings (SSSR count). The van der Waals surface area contributed by atoms with Gasteiger partial charge >= 0.3 is 0 Å². The number of anilines is 1. The Bertz CT molecular complexity index is 781. The fourth-order valence-electron chi connectivity index (χ4n) is 2.91. The van der Waals surface area contributed by atoms with E-state index in [9.17, 15) is 9.59 Å². The van der Waals surface area contributed by atoms with Crippen molar-refractivity contribution in [3.63, 3.8) is 0 Å². The Labute approximate surface area is 140 Å². The first-order valence-corrected chi connectivity index (χ1v) is 8.18. The minimum absolute atomic E-state index is 0.0112. The molecule has 1 saturated heterocycles. The number of carbonyl (C=O) groups is 1. The summed E-state index contributed by atoms with van der Waals surface area (Å²) in [6, 6.07) is -0.0112. The van der Waals surface area contributed by atoms with Crippen LogP contribution in [0.25, 0.3) is 0 Å². The molecular formula is C16H22N6O2. The second-order valence-corrected chi connectivity index (χ2v) is 6.01. The average molecular weight is 330 g/mol. The van der Waals surface area contributed by atoms with Crippen molar-refractivity contribution >= 4 is 11.7 Å². The highest BCUT2D eigenvalue weighted by Crippen LogP contribution is 2.15. The van der Waals surface area contributed by atoms with Crippen molar-refractivity contribution in [2.45, 2.75) is 32.4 Å². The van der Waals surface area contributed by atoms with E-state index >= 15 is 0 Å². The lowest BCUT2D eigenvalue weighted by molar-refractivity contribution is 0.0933. The van der Waals surface area contributed by atoms with E-state index in [2.05, 4.69) is 15.4 Å². The van der Waals surface area contributed by atoms with Crippen LogP contribution in [0.3, 0.4) is 0 Å². The molecule has 0 bridgehead atoms. The molecule has 0 unspecified atom stereocenters. The van der Waals surface area contributed by atoms with Crippen LogP contribution in [-0.4, -0.2) is 44.4 Å². The van der Waals surface area contributed by atoms with Crippen LogP contribution in [0.4, 0.5) is 5.82 Å². The van der Waals surface area contributed by atoms with E-state index in [0.29, 0.717) is 17.9 Å². The SMILES string of the molecule is CCn1cc(C(=O)N[C@H]2CCCN(c3nccn(C)c3=O)C2)cn1. The van der Waals surface area contributed by atoms with Crippen LogP contribution in [0.15, 0.2) is 29.6 Å². The van der Waals surface area contributed by atoms with Crippen LogP contribution in [0.5, 0.6) is 0 Å². The highest BCUT2D eigenvalue weighted by atomic mass is 16.2. The second-order valence-electron chi connectivity index (χ2n) is 6.01. The summed E-state index contributed by atoms with van der Waals surface area (Å²) in [6.45, 7) is 4.06. The van der Waals surface area contributed by atoms with E-state index in [1.165, 1.54) is 4.57 Å². The molecule has 8 heteroatoms. The standard InChI is InChI=1S/C16H22N6O2/c1-3-22-10-12(9-18-22)15(23)19-13-5-4-7-21(11-13)14-16(24)20(2)8-6-17-14/h6,8-10,13H,3-5,7,11H2,1-2H3,(H,19,23)/t13-/m0/s1. The number of nitrogens with zero attached hydrogens (tertiary/aromatic N) is 5. The third kappa shape index (κ3) is 3.32. The lowest BCUT2D eigenvalue weighted by Crippen LogP contribution is -2.49. The van der Waals surface area contributed by atoms with Crippen LogP contribution in [0, 0.1) is 0 Å². The zero-order valence-corrected chi connectivity index (χ0v) is 14.0. The molecule has 1 aliphatic heterocycles. The van der Waals surface area contributed by atoms with Gasteiger partial charge in [-0.05, 0) is 19.8 Å². The molecular weight excluding hydrogens is 308 g/mol. The van der Waals surface area contributed by atoms with Crippen molar-refractivity contribution in [1.29, 1.82) is 0 Å². The molecule has 0 radical (unpaired) electrons. The number of carbonyl (C=O) groups excluding carboxylic acids is 1. The highest BCUT2D eigenvalue weighted by molar-refractivity contribution is 5.93. The molecule has 128 valence electrons. The second kappa shape index (κ2) is 6.86. The lowest BCUT2D eigenvalue weighted by atomic mass is 10.1. The highest BCUT2D eigenvalue weighted by Gasteiger charge is 2.24. The van der Waals surface area contributed by atoms with Gasteiger partial charge in [0.05, 0.1) is 11.8 Å². The summed E-state index contributed by atoms with van der Waals surface area (Å²) in [5.41, 5.74) is 0.441. The van der Waals surface area contributed by atoms with Crippen LogP contribution in [0.1, 0.15) is 30.1 Å². The summed E-state index contributed by atoms with van der Waals surface area (Å²) in [4.78, 5) is 30.7. The number of amides is 1. The zero-order valence-electron chi connectivity index (χ0n) is 14.0. The first-order valence-electron chi connectivity index (χ1n) is 8.18. The Kier molecular flexibility index (Phi) is 4.64. The monoisotopic (exact) mass is 330 g/mol. The van der Waals surface area contributed by atoms with Crippen molar-refractivity contribution in [3.05, 3.63) is 40.7 Å². The fourth-order valence-corrected chi connectivity index (χ4v) is 2.91. The molecule has 0 saturated carbocycles. The molecule has 24 heavy (non-hydrogen) atoms. The number of piperidine rings is 1. The van der Waals surface area contributed by atoms with Gasteiger partial charge in [0.25, 0.3) is 11.5 Å². The molecule has 0 aromatic carbocycles. The first kappa shape index (κ1) is 16.2. The molecule has 1 N–H and O–H groups in total. The number of aryl methyl sites for hydroxylation is 2. The molecule has 1 aliphatic rings. The number of aromatic nitrogens is 4. The molecule has 1 atom stereocenters. The van der Waals surface area contributed by atoms with Gasteiger partial charge < -0.3 is 14.8 Å². The molecule has 0 spiro atoms. The van der Waals surface area contributed by atoms with Gasteiger partial charge in [0, 0.05) is 51.3 Å². The van der Waals surface area contributed by atoms with Crippen molar-refractivity contribution in [1.82, 2.24) is 24.6 Å². The van der Waals surface area contributed by atoms with E-state index in [1.807, 2.05) is 11.8 Å². The molecule has 0 aliphatic carbocycles. The normalized spacial score (nSPS) is 17.8. The Morgan fingerprint density at radius 3 is 3.04 bits per heavy atom. The van der Waals surface area contributed by atoms with Gasteiger partial charge in [-0.1, -0.05) is 0 Å². The van der Waals surface area contributed by atoms with Crippen molar-refractivity contribution in [3.8, 4) is 0 Å². The Balaban J connectivity index is 1.68. The number of hydrogen-bond acceptors (Lipinski definition) is 5. The van der Waals surface area contributed by atoms with Gasteiger partial charge in [0.2, 0.25) is 0 Å². The van der Waals surface area contributed by atoms with E-state index in [0.717, 1.165) is 25.9 Å². The number of rotatable bonds is 4. The van der Waals surface area contributed by atoms with Crippen molar-refractivity contribution < 1.29 is 4.79 Å². The predicted molar refractivity (Wildman–Crippen MR) is 90.1 cm³/mol. The van der Waals surface area contributed by atoms with Crippen LogP contribution in [0.2, 0.25) is 0 Å².